The van der Waals surface area contributed by atoms with Gasteiger partial charge in [0.25, 0.3) is 0 Å². The fourth-order valence-electron chi connectivity index (χ4n) is 2.58. The molecule has 3 heteroatoms. The zero-order valence-corrected chi connectivity index (χ0v) is 11.9. The van der Waals surface area contributed by atoms with Crippen molar-refractivity contribution < 1.29 is 0 Å². The Kier molecular flexibility index (Phi) is 4.68. The highest BCUT2D eigenvalue weighted by Gasteiger charge is 2.31. The molecule has 1 heterocycles. The highest BCUT2D eigenvalue weighted by Crippen LogP contribution is 2.33. The Morgan fingerprint density at radius 3 is 2.78 bits per heavy atom. The van der Waals surface area contributed by atoms with Crippen LogP contribution >= 0.6 is 11.8 Å². The molecule has 3 unspecified atom stereocenters. The minimum Gasteiger partial charge on any atom is -0.291 e. The first kappa shape index (κ1) is 13.5. The van der Waals surface area contributed by atoms with E-state index in [1.54, 1.807) is 0 Å². The third-order valence-electron chi connectivity index (χ3n) is 3.80. The second-order valence-electron chi connectivity index (χ2n) is 4.84. The van der Waals surface area contributed by atoms with Crippen molar-refractivity contribution in [2.45, 2.75) is 37.6 Å². The lowest BCUT2D eigenvalue weighted by molar-refractivity contribution is 0.148. The van der Waals surface area contributed by atoms with E-state index in [1.165, 1.54) is 11.3 Å². The van der Waals surface area contributed by atoms with Crippen molar-refractivity contribution in [1.29, 1.82) is 5.26 Å². The Hall–Kier alpha value is -0.980. The van der Waals surface area contributed by atoms with Gasteiger partial charge in [-0.1, -0.05) is 37.3 Å². The van der Waals surface area contributed by atoms with Crippen molar-refractivity contribution in [2.24, 2.45) is 0 Å². The molecule has 0 aromatic heterocycles. The maximum Gasteiger partial charge on any atom is 0.0641 e. The van der Waals surface area contributed by atoms with Gasteiger partial charge in [0, 0.05) is 29.6 Å². The van der Waals surface area contributed by atoms with Gasteiger partial charge in [-0.25, -0.2) is 0 Å². The van der Waals surface area contributed by atoms with E-state index in [0.717, 1.165) is 6.54 Å². The van der Waals surface area contributed by atoms with Crippen LogP contribution < -0.4 is 0 Å². The maximum atomic E-state index is 9.10. The quantitative estimate of drug-likeness (QED) is 0.832. The van der Waals surface area contributed by atoms with Crippen LogP contribution in [0.5, 0.6) is 0 Å². The summed E-state index contributed by atoms with van der Waals surface area (Å²) in [6.45, 7) is 5.65. The van der Waals surface area contributed by atoms with E-state index in [1.807, 2.05) is 17.8 Å². The highest BCUT2D eigenvalue weighted by atomic mass is 32.2. The molecule has 1 aliphatic heterocycles. The number of hydrogen-bond donors (Lipinski definition) is 0. The first-order chi connectivity index (χ1) is 8.74. The van der Waals surface area contributed by atoms with E-state index >= 15 is 0 Å². The Morgan fingerprint density at radius 2 is 2.11 bits per heavy atom. The van der Waals surface area contributed by atoms with Crippen molar-refractivity contribution in [3.8, 4) is 6.07 Å². The number of nitriles is 1. The Balaban J connectivity index is 2.22. The van der Waals surface area contributed by atoms with Crippen LogP contribution in [0, 0.1) is 11.3 Å². The molecule has 96 valence electrons. The number of nitrogens with zero attached hydrogens (tertiary/aromatic N) is 2. The van der Waals surface area contributed by atoms with Crippen molar-refractivity contribution in [2.75, 3.05) is 12.3 Å². The van der Waals surface area contributed by atoms with E-state index in [-0.39, 0.29) is 6.04 Å². The Morgan fingerprint density at radius 1 is 1.39 bits per heavy atom. The molecule has 1 saturated heterocycles. The lowest BCUT2D eigenvalue weighted by Crippen LogP contribution is -2.46. The summed E-state index contributed by atoms with van der Waals surface area (Å²) in [5, 5.41) is 9.74. The van der Waals surface area contributed by atoms with Crippen molar-refractivity contribution in [3.05, 3.63) is 35.9 Å². The van der Waals surface area contributed by atoms with E-state index in [2.05, 4.69) is 49.1 Å². The van der Waals surface area contributed by atoms with Crippen molar-refractivity contribution >= 4 is 11.8 Å². The predicted octanol–water partition coefficient (Wildman–Crippen LogP) is 3.47. The molecule has 1 fully saturated rings. The summed E-state index contributed by atoms with van der Waals surface area (Å²) in [4.78, 5) is 2.50. The van der Waals surface area contributed by atoms with Gasteiger partial charge in [0.1, 0.15) is 0 Å². The van der Waals surface area contributed by atoms with Gasteiger partial charge in [-0.05, 0) is 12.5 Å². The standard InChI is InChI=1S/C15H20N2S/c1-12-13(2)18-11-10-17(12)15(8-9-16)14-6-4-3-5-7-14/h3-7,12-13,15H,8,10-11H2,1-2H3. The summed E-state index contributed by atoms with van der Waals surface area (Å²) < 4.78 is 0. The number of benzene rings is 1. The molecule has 3 atom stereocenters. The lowest BCUT2D eigenvalue weighted by atomic mass is 10.00. The van der Waals surface area contributed by atoms with Crippen LogP contribution in [0.15, 0.2) is 30.3 Å². The number of thioether (sulfide) groups is 1. The monoisotopic (exact) mass is 260 g/mol. The normalized spacial score (nSPS) is 26.5. The molecule has 0 N–H and O–H groups in total. The maximum absolute atomic E-state index is 9.10. The second kappa shape index (κ2) is 6.26. The average molecular weight is 260 g/mol. The highest BCUT2D eigenvalue weighted by molar-refractivity contribution is 8.00. The van der Waals surface area contributed by atoms with Crippen LogP contribution in [-0.2, 0) is 0 Å². The minimum atomic E-state index is 0.245. The molecule has 0 amide bonds. The number of hydrogen-bond acceptors (Lipinski definition) is 3. The molecule has 1 aliphatic rings. The summed E-state index contributed by atoms with van der Waals surface area (Å²) in [7, 11) is 0. The van der Waals surface area contributed by atoms with Gasteiger partial charge in [-0.2, -0.15) is 17.0 Å². The summed E-state index contributed by atoms with van der Waals surface area (Å²) >= 11 is 2.04. The minimum absolute atomic E-state index is 0.245. The van der Waals surface area contributed by atoms with Crippen LogP contribution in [0.25, 0.3) is 0 Å². The van der Waals surface area contributed by atoms with Crippen LogP contribution in [-0.4, -0.2) is 28.5 Å². The molecule has 0 bridgehead atoms. The van der Waals surface area contributed by atoms with Crippen molar-refractivity contribution in [3.63, 3.8) is 0 Å². The van der Waals surface area contributed by atoms with Gasteiger partial charge >= 0.3 is 0 Å². The summed E-state index contributed by atoms with van der Waals surface area (Å²) in [6, 6.07) is 13.6. The Labute approximate surface area is 114 Å². The zero-order valence-electron chi connectivity index (χ0n) is 11.0. The van der Waals surface area contributed by atoms with Crippen LogP contribution in [0.3, 0.4) is 0 Å². The Bertz CT molecular complexity index is 412. The molecule has 1 aromatic rings. The van der Waals surface area contributed by atoms with Gasteiger partial charge in [0.2, 0.25) is 0 Å². The largest absolute Gasteiger partial charge is 0.291 e. The topological polar surface area (TPSA) is 27.0 Å². The van der Waals surface area contributed by atoms with E-state index < -0.39 is 0 Å². The van der Waals surface area contributed by atoms with Crippen LogP contribution in [0.4, 0.5) is 0 Å². The molecular weight excluding hydrogens is 240 g/mol. The fourth-order valence-corrected chi connectivity index (χ4v) is 3.71. The molecule has 2 nitrogen and oxygen atoms in total. The third-order valence-corrected chi connectivity index (χ3v) is 5.14. The summed E-state index contributed by atoms with van der Waals surface area (Å²) in [5.74, 6) is 1.17. The third kappa shape index (κ3) is 2.88. The van der Waals surface area contributed by atoms with E-state index in [0.29, 0.717) is 17.7 Å². The SMILES string of the molecule is CC1SCCN(C(CC#N)c2ccccc2)C1C. The van der Waals surface area contributed by atoms with Crippen molar-refractivity contribution in [1.82, 2.24) is 4.90 Å². The molecule has 0 spiro atoms. The molecule has 2 rings (SSSR count). The van der Waals surface area contributed by atoms with E-state index in [9.17, 15) is 0 Å². The molecule has 18 heavy (non-hydrogen) atoms. The van der Waals surface area contributed by atoms with Gasteiger partial charge in [0.15, 0.2) is 0 Å². The molecule has 0 radical (unpaired) electrons. The first-order valence-electron chi connectivity index (χ1n) is 6.53. The zero-order chi connectivity index (χ0) is 13.0. The van der Waals surface area contributed by atoms with Gasteiger partial charge < -0.3 is 0 Å². The van der Waals surface area contributed by atoms with Gasteiger partial charge in [-0.15, -0.1) is 0 Å². The molecule has 0 saturated carbocycles. The molecule has 0 aliphatic carbocycles. The van der Waals surface area contributed by atoms with Gasteiger partial charge in [0.05, 0.1) is 12.5 Å². The smallest absolute Gasteiger partial charge is 0.0641 e. The van der Waals surface area contributed by atoms with Crippen LogP contribution in [0.1, 0.15) is 31.9 Å². The molecular formula is C15H20N2S. The summed E-state index contributed by atoms with van der Waals surface area (Å²) in [6.07, 6.45) is 0.575. The first-order valence-corrected chi connectivity index (χ1v) is 7.58. The number of rotatable bonds is 3. The van der Waals surface area contributed by atoms with Crippen LogP contribution in [0.2, 0.25) is 0 Å². The van der Waals surface area contributed by atoms with Gasteiger partial charge in [-0.3, -0.25) is 4.90 Å². The molecule has 1 aromatic carbocycles. The fraction of sp³-hybridized carbons (Fsp3) is 0.533. The predicted molar refractivity (Wildman–Crippen MR) is 77.5 cm³/mol. The summed E-state index contributed by atoms with van der Waals surface area (Å²) in [5.41, 5.74) is 1.27. The van der Waals surface area contributed by atoms with E-state index in [4.69, 9.17) is 5.26 Å². The lowest BCUT2D eigenvalue weighted by Gasteiger charge is -2.42. The second-order valence-corrected chi connectivity index (χ2v) is 6.33. The average Bonchev–Trinajstić information content (AvgIpc) is 2.41.